The van der Waals surface area contributed by atoms with Gasteiger partial charge in [-0.15, -0.1) is 0 Å². The molecule has 0 aliphatic heterocycles. The average molecular weight is 947 g/mol. The number of hydrogen-bond donors (Lipinski definition) is 0. The van der Waals surface area contributed by atoms with Gasteiger partial charge in [0.05, 0.1) is 42.7 Å². The number of methoxy groups -OCH3 is 6. The first-order chi connectivity index (χ1) is 32.9. The standard InChI is InChI=1S/C14H18O.C11H14O4.C11H12O2.C10H12O3.C10H10O3/c1-11(15)12-7-9-14(10-8-12)13-5-3-2-4-6-13;1-7(12)8-5-9(13-2)11(15-4)10(6-8)14-3;1-9(12)3-4-10-5-7-11(13-2)8-6-10;1-7(11)8-4-5-9(12-2)10(6-8)13-3;1-7(11)9-3-5-10(6-4-9)13-8(2)12/h7-10,13H,2-6H2,1H3;5-6H,1-4H3;3-8H,1-2H3;4-6H,1-3H3;3-6H,1-2H3/b;;4-3+;;. The normalized spacial score (nSPS) is 11.4. The summed E-state index contributed by atoms with van der Waals surface area (Å²) < 4.78 is 35.2. The molecule has 0 N–H and O–H groups in total. The van der Waals surface area contributed by atoms with E-state index in [0.29, 0.717) is 51.2 Å². The van der Waals surface area contributed by atoms with Gasteiger partial charge in [0.25, 0.3) is 0 Å². The van der Waals surface area contributed by atoms with Crippen LogP contribution in [0.15, 0.2) is 109 Å². The lowest BCUT2D eigenvalue weighted by molar-refractivity contribution is -0.131. The van der Waals surface area contributed by atoms with Gasteiger partial charge in [-0.05, 0) is 137 Å². The molecule has 0 heterocycles. The van der Waals surface area contributed by atoms with E-state index in [0.717, 1.165) is 22.8 Å². The molecule has 1 saturated carbocycles. The Morgan fingerprint density at radius 3 is 1.28 bits per heavy atom. The van der Waals surface area contributed by atoms with E-state index in [2.05, 4.69) is 12.1 Å². The number of hydrogen-bond acceptors (Lipinski definition) is 13. The van der Waals surface area contributed by atoms with E-state index in [1.807, 2.05) is 36.4 Å². The van der Waals surface area contributed by atoms with Gasteiger partial charge in [-0.25, -0.2) is 0 Å². The molecule has 69 heavy (non-hydrogen) atoms. The number of ketones is 5. The number of carbonyl (C=O) groups excluding carboxylic acids is 6. The SMILES string of the molecule is CC(=O)Oc1ccc(C(C)=O)cc1.CC(=O)c1ccc(C2CCCCC2)cc1.COc1cc(C(C)=O)cc(OC)c1OC.COc1ccc(/C=C/C(C)=O)cc1.COc1ccc(C(C)=O)cc1OC. The van der Waals surface area contributed by atoms with Crippen LogP contribution in [0.2, 0.25) is 0 Å². The Morgan fingerprint density at radius 1 is 0.435 bits per heavy atom. The molecule has 0 saturated heterocycles. The smallest absolute Gasteiger partial charge is 0.308 e. The second-order valence-corrected chi connectivity index (χ2v) is 15.5. The molecule has 0 radical (unpaired) electrons. The molecule has 1 aliphatic rings. The van der Waals surface area contributed by atoms with Crippen molar-refractivity contribution in [2.75, 3.05) is 42.7 Å². The number of esters is 1. The predicted molar refractivity (Wildman–Crippen MR) is 268 cm³/mol. The lowest BCUT2D eigenvalue weighted by Gasteiger charge is -2.21. The molecule has 0 amide bonds. The topological polar surface area (TPSA) is 167 Å². The van der Waals surface area contributed by atoms with Gasteiger partial charge in [0.15, 0.2) is 51.9 Å². The fourth-order valence-electron chi connectivity index (χ4n) is 6.62. The highest BCUT2D eigenvalue weighted by atomic mass is 16.5. The molecule has 6 rings (SSSR count). The monoisotopic (exact) mass is 946 g/mol. The second-order valence-electron chi connectivity index (χ2n) is 15.5. The van der Waals surface area contributed by atoms with Crippen molar-refractivity contribution >= 4 is 41.0 Å². The molecule has 0 atom stereocenters. The first-order valence-electron chi connectivity index (χ1n) is 22.2. The van der Waals surface area contributed by atoms with Crippen molar-refractivity contribution in [2.24, 2.45) is 0 Å². The highest BCUT2D eigenvalue weighted by molar-refractivity contribution is 5.96. The van der Waals surface area contributed by atoms with Crippen LogP contribution < -0.4 is 33.2 Å². The summed E-state index contributed by atoms with van der Waals surface area (Å²) in [6.45, 7) is 8.97. The Bertz CT molecular complexity index is 2440. The molecule has 368 valence electrons. The van der Waals surface area contributed by atoms with Gasteiger partial charge in [0.2, 0.25) is 5.75 Å². The highest BCUT2D eigenvalue weighted by Gasteiger charge is 2.16. The summed E-state index contributed by atoms with van der Waals surface area (Å²) in [7, 11) is 9.28. The second kappa shape index (κ2) is 30.7. The zero-order valence-electron chi connectivity index (χ0n) is 41.9. The highest BCUT2D eigenvalue weighted by Crippen LogP contribution is 2.38. The molecular weight excluding hydrogens is 881 g/mol. The quantitative estimate of drug-likeness (QED) is 0.0447. The summed E-state index contributed by atoms with van der Waals surface area (Å²) in [6.07, 6.45) is 10.1. The van der Waals surface area contributed by atoms with Gasteiger partial charge >= 0.3 is 5.97 Å². The van der Waals surface area contributed by atoms with Gasteiger partial charge in [0, 0.05) is 29.2 Å². The van der Waals surface area contributed by atoms with Crippen LogP contribution in [0.3, 0.4) is 0 Å². The van der Waals surface area contributed by atoms with Crippen molar-refractivity contribution in [2.45, 2.75) is 79.6 Å². The molecule has 0 aromatic heterocycles. The average Bonchev–Trinajstić information content (AvgIpc) is 3.36. The van der Waals surface area contributed by atoms with Crippen LogP contribution in [0.4, 0.5) is 0 Å². The van der Waals surface area contributed by atoms with E-state index in [4.69, 9.17) is 33.2 Å². The Morgan fingerprint density at radius 2 is 0.870 bits per heavy atom. The summed E-state index contributed by atoms with van der Waals surface area (Å²) in [5.74, 6) is 4.50. The molecular formula is C56H66O13. The van der Waals surface area contributed by atoms with Crippen molar-refractivity contribution in [1.29, 1.82) is 0 Å². The van der Waals surface area contributed by atoms with Gasteiger partial charge in [-0.2, -0.15) is 0 Å². The Balaban J connectivity index is 0.000000296. The van der Waals surface area contributed by atoms with Crippen molar-refractivity contribution in [3.63, 3.8) is 0 Å². The zero-order valence-corrected chi connectivity index (χ0v) is 41.9. The lowest BCUT2D eigenvalue weighted by atomic mass is 9.84. The Hall–Kier alpha value is -7.54. The van der Waals surface area contributed by atoms with E-state index in [1.165, 1.54) is 93.6 Å². The lowest BCUT2D eigenvalue weighted by Crippen LogP contribution is -2.04. The molecule has 1 aliphatic carbocycles. The van der Waals surface area contributed by atoms with Crippen molar-refractivity contribution < 1.29 is 61.9 Å². The zero-order chi connectivity index (χ0) is 51.5. The molecule has 0 spiro atoms. The number of Topliss-reactive ketones (excluding diaryl/α,β-unsaturated/α-hetero) is 4. The van der Waals surface area contributed by atoms with Crippen molar-refractivity contribution in [3.05, 3.63) is 143 Å². The van der Waals surface area contributed by atoms with E-state index in [-0.39, 0.29) is 34.9 Å². The van der Waals surface area contributed by atoms with E-state index in [1.54, 1.807) is 95.0 Å². The maximum Gasteiger partial charge on any atom is 0.308 e. The molecule has 0 unspecified atom stereocenters. The number of benzene rings is 5. The third-order valence-electron chi connectivity index (χ3n) is 10.4. The van der Waals surface area contributed by atoms with Crippen molar-refractivity contribution in [3.8, 4) is 40.2 Å². The van der Waals surface area contributed by atoms with E-state index >= 15 is 0 Å². The largest absolute Gasteiger partial charge is 0.497 e. The Labute approximate surface area is 406 Å². The minimum Gasteiger partial charge on any atom is -0.497 e. The Kier molecular flexibility index (Phi) is 25.6. The summed E-state index contributed by atoms with van der Waals surface area (Å²) in [4.78, 5) is 65.4. The third-order valence-corrected chi connectivity index (χ3v) is 10.4. The van der Waals surface area contributed by atoms with Gasteiger partial charge in [-0.1, -0.05) is 61.7 Å². The number of rotatable bonds is 14. The van der Waals surface area contributed by atoms with Crippen LogP contribution in [-0.4, -0.2) is 77.5 Å². The maximum absolute atomic E-state index is 11.2. The molecule has 5 aromatic rings. The molecule has 13 heteroatoms. The summed E-state index contributed by atoms with van der Waals surface area (Å²) in [6, 6.07) is 30.5. The maximum atomic E-state index is 11.2. The summed E-state index contributed by atoms with van der Waals surface area (Å²) in [5.41, 5.74) is 5.00. The predicted octanol–water partition coefficient (Wildman–Crippen LogP) is 11.9. The van der Waals surface area contributed by atoms with Crippen LogP contribution in [0, 0.1) is 0 Å². The number of ether oxygens (including phenoxy) is 7. The van der Waals surface area contributed by atoms with Crippen LogP contribution in [-0.2, 0) is 9.59 Å². The van der Waals surface area contributed by atoms with Gasteiger partial charge in [0.1, 0.15) is 11.5 Å². The van der Waals surface area contributed by atoms with E-state index in [9.17, 15) is 28.8 Å². The van der Waals surface area contributed by atoms with Crippen molar-refractivity contribution in [1.82, 2.24) is 0 Å². The molecule has 5 aromatic carbocycles. The number of carbonyl (C=O) groups is 6. The molecule has 0 bridgehead atoms. The summed E-state index contributed by atoms with van der Waals surface area (Å²) in [5, 5.41) is 0. The fourth-order valence-corrected chi connectivity index (χ4v) is 6.62. The van der Waals surface area contributed by atoms with Crippen LogP contribution in [0.1, 0.15) is 132 Å². The first kappa shape index (κ1) is 57.6. The van der Waals surface area contributed by atoms with Crippen LogP contribution in [0.25, 0.3) is 6.08 Å². The third kappa shape index (κ3) is 20.5. The van der Waals surface area contributed by atoms with Gasteiger partial charge in [-0.3, -0.25) is 28.8 Å². The van der Waals surface area contributed by atoms with Crippen LogP contribution >= 0.6 is 0 Å². The fraction of sp³-hybridized carbons (Fsp3) is 0.321. The van der Waals surface area contributed by atoms with Gasteiger partial charge < -0.3 is 33.2 Å². The molecule has 1 fully saturated rings. The van der Waals surface area contributed by atoms with Crippen LogP contribution in [0.5, 0.6) is 40.2 Å². The minimum atomic E-state index is -0.365. The first-order valence-corrected chi connectivity index (χ1v) is 22.2. The molecule has 13 nitrogen and oxygen atoms in total. The minimum absolute atomic E-state index is 0.00521. The summed E-state index contributed by atoms with van der Waals surface area (Å²) >= 11 is 0. The van der Waals surface area contributed by atoms with E-state index < -0.39 is 0 Å². The number of allylic oxidation sites excluding steroid dienone is 1.